The van der Waals surface area contributed by atoms with E-state index in [0.717, 1.165) is 25.7 Å². The normalized spacial score (nSPS) is 23.2. The number of hydrogen-bond donors (Lipinski definition) is 2. The summed E-state index contributed by atoms with van der Waals surface area (Å²) in [7, 11) is -3.91. The minimum absolute atomic E-state index is 0.0875. The van der Waals surface area contributed by atoms with Gasteiger partial charge in [-0.2, -0.15) is 0 Å². The summed E-state index contributed by atoms with van der Waals surface area (Å²) in [5.74, 6) is -0.843. The zero-order valence-electron chi connectivity index (χ0n) is 11.3. The van der Waals surface area contributed by atoms with Gasteiger partial charge in [-0.15, -0.1) is 0 Å². The summed E-state index contributed by atoms with van der Waals surface area (Å²) in [6.45, 7) is 0.413. The van der Waals surface area contributed by atoms with Gasteiger partial charge in [-0.3, -0.25) is 0 Å². The molecule has 0 aromatic heterocycles. The highest BCUT2D eigenvalue weighted by Gasteiger charge is 2.30. The minimum Gasteiger partial charge on any atom is -0.330 e. The Morgan fingerprint density at radius 1 is 1.29 bits per heavy atom. The van der Waals surface area contributed by atoms with Gasteiger partial charge in [0.15, 0.2) is 5.82 Å². The maximum atomic E-state index is 13.7. The first-order valence-corrected chi connectivity index (χ1v) is 8.96. The van der Waals surface area contributed by atoms with Crippen LogP contribution in [0.3, 0.4) is 0 Å². The van der Waals surface area contributed by atoms with Crippen molar-refractivity contribution in [2.75, 3.05) is 6.54 Å². The van der Waals surface area contributed by atoms with E-state index in [2.05, 4.69) is 4.72 Å². The van der Waals surface area contributed by atoms with Gasteiger partial charge in [0, 0.05) is 6.04 Å². The second-order valence-electron chi connectivity index (χ2n) is 5.18. The highest BCUT2D eigenvalue weighted by Crippen LogP contribution is 2.31. The molecule has 1 fully saturated rings. The van der Waals surface area contributed by atoms with Gasteiger partial charge in [0.2, 0.25) is 10.0 Å². The van der Waals surface area contributed by atoms with E-state index in [4.69, 9.17) is 28.9 Å². The van der Waals surface area contributed by atoms with E-state index < -0.39 is 20.9 Å². The van der Waals surface area contributed by atoms with Crippen molar-refractivity contribution in [1.82, 2.24) is 4.72 Å². The Morgan fingerprint density at radius 2 is 1.95 bits per heavy atom. The molecule has 0 bridgehead atoms. The topological polar surface area (TPSA) is 72.2 Å². The number of nitrogens with one attached hydrogen (secondary N) is 1. The average molecular weight is 355 g/mol. The van der Waals surface area contributed by atoms with Gasteiger partial charge in [-0.05, 0) is 37.4 Å². The van der Waals surface area contributed by atoms with Crippen molar-refractivity contribution in [1.29, 1.82) is 0 Å². The lowest BCUT2D eigenvalue weighted by Gasteiger charge is -2.31. The van der Waals surface area contributed by atoms with Gasteiger partial charge in [-0.25, -0.2) is 17.5 Å². The lowest BCUT2D eigenvalue weighted by Crippen LogP contribution is -2.44. The number of sulfonamides is 1. The Labute approximate surface area is 133 Å². The fraction of sp³-hybridized carbons (Fsp3) is 0.538. The maximum Gasteiger partial charge on any atom is 0.242 e. The largest absolute Gasteiger partial charge is 0.330 e. The molecular formula is C13H17Cl2FN2O2S. The molecule has 2 unspecified atom stereocenters. The van der Waals surface area contributed by atoms with Crippen LogP contribution in [0.2, 0.25) is 10.0 Å². The standard InChI is InChI=1S/C13H17Cl2FN2O2S/c14-9-5-6-11(12(15)13(9)16)21(19,20)18-10-4-2-1-3-8(10)7-17/h5-6,8,10,18H,1-4,7,17H2. The fourth-order valence-corrected chi connectivity index (χ4v) is 4.71. The first kappa shape index (κ1) is 17.0. The van der Waals surface area contributed by atoms with Crippen molar-refractivity contribution in [3.05, 3.63) is 28.0 Å². The van der Waals surface area contributed by atoms with E-state index in [1.807, 2.05) is 0 Å². The average Bonchev–Trinajstić information content (AvgIpc) is 2.44. The lowest BCUT2D eigenvalue weighted by molar-refractivity contribution is 0.296. The molecule has 1 saturated carbocycles. The Hall–Kier alpha value is -0.400. The predicted octanol–water partition coefficient (Wildman–Crippen LogP) is 2.93. The second-order valence-corrected chi connectivity index (χ2v) is 7.65. The maximum absolute atomic E-state index is 13.7. The number of halogens is 3. The molecule has 1 aliphatic rings. The Balaban J connectivity index is 2.28. The van der Waals surface area contributed by atoms with E-state index in [0.29, 0.717) is 6.54 Å². The summed E-state index contributed by atoms with van der Waals surface area (Å²) in [4.78, 5) is -0.299. The van der Waals surface area contributed by atoms with Crippen LogP contribution in [-0.2, 0) is 10.0 Å². The Morgan fingerprint density at radius 3 is 2.62 bits per heavy atom. The number of hydrogen-bond acceptors (Lipinski definition) is 3. The van der Waals surface area contributed by atoms with Gasteiger partial charge >= 0.3 is 0 Å². The molecule has 1 aliphatic carbocycles. The molecule has 0 amide bonds. The van der Waals surface area contributed by atoms with Crippen LogP contribution in [0.1, 0.15) is 25.7 Å². The van der Waals surface area contributed by atoms with Gasteiger partial charge in [-0.1, -0.05) is 36.0 Å². The number of benzene rings is 1. The summed E-state index contributed by atoms with van der Waals surface area (Å²) >= 11 is 11.3. The zero-order valence-corrected chi connectivity index (χ0v) is 13.6. The highest BCUT2D eigenvalue weighted by atomic mass is 35.5. The van der Waals surface area contributed by atoms with Crippen LogP contribution in [0.25, 0.3) is 0 Å². The smallest absolute Gasteiger partial charge is 0.242 e. The Kier molecular flexibility index (Phi) is 5.48. The van der Waals surface area contributed by atoms with Gasteiger partial charge in [0.05, 0.1) is 10.0 Å². The van der Waals surface area contributed by atoms with Crippen molar-refractivity contribution in [3.63, 3.8) is 0 Å². The molecule has 2 rings (SSSR count). The summed E-state index contributed by atoms with van der Waals surface area (Å²) in [5.41, 5.74) is 5.69. The lowest BCUT2D eigenvalue weighted by atomic mass is 9.85. The third kappa shape index (κ3) is 3.68. The molecule has 1 aromatic carbocycles. The van der Waals surface area contributed by atoms with E-state index >= 15 is 0 Å². The molecule has 1 aromatic rings. The second kappa shape index (κ2) is 6.79. The highest BCUT2D eigenvalue weighted by molar-refractivity contribution is 7.89. The fourth-order valence-electron chi connectivity index (χ4n) is 2.62. The molecule has 3 N–H and O–H groups in total. The third-order valence-electron chi connectivity index (χ3n) is 3.81. The summed E-state index contributed by atoms with van der Waals surface area (Å²) < 4.78 is 41.1. The van der Waals surface area contributed by atoms with Crippen LogP contribution in [0.4, 0.5) is 4.39 Å². The molecule has 0 radical (unpaired) electrons. The molecule has 0 saturated heterocycles. The summed E-state index contributed by atoms with van der Waals surface area (Å²) in [6.07, 6.45) is 3.57. The number of rotatable bonds is 4. The van der Waals surface area contributed by atoms with Crippen LogP contribution in [0.5, 0.6) is 0 Å². The first-order valence-electron chi connectivity index (χ1n) is 6.72. The molecule has 2 atom stereocenters. The Bertz CT molecular complexity index is 625. The van der Waals surface area contributed by atoms with Gasteiger partial charge in [0.1, 0.15) is 4.90 Å². The van der Waals surface area contributed by atoms with Crippen molar-refractivity contribution in [2.45, 2.75) is 36.6 Å². The molecule has 118 valence electrons. The van der Waals surface area contributed by atoms with Crippen LogP contribution in [-0.4, -0.2) is 21.0 Å². The summed E-state index contributed by atoms with van der Waals surface area (Å²) in [5, 5.41) is -0.702. The van der Waals surface area contributed by atoms with Crippen molar-refractivity contribution < 1.29 is 12.8 Å². The zero-order chi connectivity index (χ0) is 15.6. The molecule has 8 heteroatoms. The third-order valence-corrected chi connectivity index (χ3v) is 6.11. The molecular weight excluding hydrogens is 338 g/mol. The molecule has 4 nitrogen and oxygen atoms in total. The van der Waals surface area contributed by atoms with E-state index in [1.54, 1.807) is 0 Å². The van der Waals surface area contributed by atoms with Gasteiger partial charge in [0.25, 0.3) is 0 Å². The van der Waals surface area contributed by atoms with E-state index in [9.17, 15) is 12.8 Å². The first-order chi connectivity index (χ1) is 9.86. The molecule has 21 heavy (non-hydrogen) atoms. The van der Waals surface area contributed by atoms with Crippen LogP contribution >= 0.6 is 23.2 Å². The van der Waals surface area contributed by atoms with Crippen molar-refractivity contribution >= 4 is 33.2 Å². The molecule has 0 aliphatic heterocycles. The van der Waals surface area contributed by atoms with Gasteiger partial charge < -0.3 is 5.73 Å². The van der Waals surface area contributed by atoms with E-state index in [-0.39, 0.29) is 21.9 Å². The quantitative estimate of drug-likeness (QED) is 0.816. The molecule has 0 spiro atoms. The predicted molar refractivity (Wildman–Crippen MR) is 81.5 cm³/mol. The van der Waals surface area contributed by atoms with Crippen molar-refractivity contribution in [3.8, 4) is 0 Å². The van der Waals surface area contributed by atoms with Crippen LogP contribution in [0.15, 0.2) is 17.0 Å². The molecule has 0 heterocycles. The summed E-state index contributed by atoms with van der Waals surface area (Å²) in [6, 6.07) is 2.14. The SMILES string of the molecule is NCC1CCCCC1NS(=O)(=O)c1ccc(Cl)c(F)c1Cl. The van der Waals surface area contributed by atoms with Crippen molar-refractivity contribution in [2.24, 2.45) is 11.7 Å². The van der Waals surface area contributed by atoms with Crippen LogP contribution in [0, 0.1) is 11.7 Å². The van der Waals surface area contributed by atoms with E-state index in [1.165, 1.54) is 12.1 Å². The monoisotopic (exact) mass is 354 g/mol. The van der Waals surface area contributed by atoms with Crippen LogP contribution < -0.4 is 10.5 Å². The number of nitrogens with two attached hydrogens (primary N) is 1. The minimum atomic E-state index is -3.91.